The highest BCUT2D eigenvalue weighted by molar-refractivity contribution is 5.87. The number of nitro groups is 1. The molecule has 0 saturated heterocycles. The monoisotopic (exact) mass is 367 g/mol. The van der Waals surface area contributed by atoms with Crippen molar-refractivity contribution in [3.05, 3.63) is 64.2 Å². The number of phenols is 1. The predicted molar refractivity (Wildman–Crippen MR) is 93.8 cm³/mol. The molecule has 0 spiro atoms. The zero-order chi connectivity index (χ0) is 19.2. The van der Waals surface area contributed by atoms with Gasteiger partial charge < -0.3 is 5.11 Å². The fraction of sp³-hybridized carbons (Fsp3) is 0.0625. The fourth-order valence-electron chi connectivity index (χ4n) is 2.16. The third kappa shape index (κ3) is 4.48. The van der Waals surface area contributed by atoms with Crippen LogP contribution >= 0.6 is 0 Å². The molecular formula is C16H13N7O4. The topological polar surface area (TPSA) is 148 Å². The van der Waals surface area contributed by atoms with E-state index in [1.807, 2.05) is 30.3 Å². The van der Waals surface area contributed by atoms with E-state index in [9.17, 15) is 20.0 Å². The molecular weight excluding hydrogens is 354 g/mol. The first-order valence-electron chi connectivity index (χ1n) is 7.65. The lowest BCUT2D eigenvalue weighted by atomic mass is 10.2. The van der Waals surface area contributed by atoms with Gasteiger partial charge in [0.15, 0.2) is 0 Å². The highest BCUT2D eigenvalue weighted by atomic mass is 16.6. The van der Waals surface area contributed by atoms with Gasteiger partial charge >= 0.3 is 0 Å². The van der Waals surface area contributed by atoms with Crippen LogP contribution in [0.5, 0.6) is 5.75 Å². The number of nitrogens with one attached hydrogen (secondary N) is 1. The number of phenolic OH excluding ortho intramolecular Hbond substituents is 1. The molecule has 0 atom stereocenters. The minimum atomic E-state index is -0.618. The van der Waals surface area contributed by atoms with Gasteiger partial charge in [-0.3, -0.25) is 14.9 Å². The SMILES string of the molecule is O=C(Cn1nnc(-c2ccccc2)n1)N/N=C\c1cc(O)ccc1[N+](=O)[O-]. The van der Waals surface area contributed by atoms with Crippen molar-refractivity contribution in [3.8, 4) is 17.1 Å². The van der Waals surface area contributed by atoms with Crippen molar-refractivity contribution in [1.82, 2.24) is 25.6 Å². The molecule has 3 aromatic rings. The van der Waals surface area contributed by atoms with Gasteiger partial charge in [-0.1, -0.05) is 30.3 Å². The average Bonchev–Trinajstić information content (AvgIpc) is 3.10. The lowest BCUT2D eigenvalue weighted by Crippen LogP contribution is -2.24. The number of tetrazole rings is 1. The summed E-state index contributed by atoms with van der Waals surface area (Å²) in [7, 11) is 0. The smallest absolute Gasteiger partial charge is 0.278 e. The van der Waals surface area contributed by atoms with E-state index in [0.717, 1.165) is 22.6 Å². The van der Waals surface area contributed by atoms with Gasteiger partial charge in [0, 0.05) is 11.6 Å². The van der Waals surface area contributed by atoms with Crippen LogP contribution in [0.1, 0.15) is 5.56 Å². The van der Waals surface area contributed by atoms with E-state index in [1.54, 1.807) is 0 Å². The van der Waals surface area contributed by atoms with E-state index >= 15 is 0 Å². The van der Waals surface area contributed by atoms with Crippen LogP contribution in [-0.2, 0) is 11.3 Å². The number of aromatic hydroxyl groups is 1. The Morgan fingerprint density at radius 2 is 2.07 bits per heavy atom. The summed E-state index contributed by atoms with van der Waals surface area (Å²) in [5, 5.41) is 35.8. The largest absolute Gasteiger partial charge is 0.508 e. The number of amides is 1. The first kappa shape index (κ1) is 17.7. The van der Waals surface area contributed by atoms with Gasteiger partial charge in [-0.25, -0.2) is 5.43 Å². The molecule has 0 aliphatic rings. The molecule has 1 amide bonds. The predicted octanol–water partition coefficient (Wildman–Crippen LogP) is 1.10. The molecule has 0 bridgehead atoms. The Morgan fingerprint density at radius 3 is 2.81 bits per heavy atom. The molecule has 0 radical (unpaired) electrons. The van der Waals surface area contributed by atoms with Gasteiger partial charge in [-0.2, -0.15) is 9.90 Å². The number of carbonyl (C=O) groups is 1. The number of nitro benzene ring substituents is 1. The van der Waals surface area contributed by atoms with E-state index < -0.39 is 10.8 Å². The number of hydrogen-bond donors (Lipinski definition) is 2. The van der Waals surface area contributed by atoms with Crippen molar-refractivity contribution in [2.45, 2.75) is 6.54 Å². The fourth-order valence-corrected chi connectivity index (χ4v) is 2.16. The third-order valence-electron chi connectivity index (χ3n) is 3.37. The van der Waals surface area contributed by atoms with Crippen LogP contribution in [0.2, 0.25) is 0 Å². The Labute approximate surface area is 152 Å². The number of benzene rings is 2. The van der Waals surface area contributed by atoms with Crippen molar-refractivity contribution in [3.63, 3.8) is 0 Å². The molecule has 0 fully saturated rings. The molecule has 0 unspecified atom stereocenters. The van der Waals surface area contributed by atoms with Crippen LogP contribution in [-0.4, -0.2) is 42.4 Å². The quantitative estimate of drug-likeness (QED) is 0.376. The number of rotatable bonds is 6. The van der Waals surface area contributed by atoms with Gasteiger partial charge in [0.1, 0.15) is 12.3 Å². The molecule has 136 valence electrons. The maximum absolute atomic E-state index is 11.9. The molecule has 11 nitrogen and oxygen atoms in total. The second-order valence-electron chi connectivity index (χ2n) is 5.30. The van der Waals surface area contributed by atoms with Gasteiger partial charge in [0.25, 0.3) is 11.6 Å². The summed E-state index contributed by atoms with van der Waals surface area (Å²) in [5.74, 6) is -0.331. The number of carbonyl (C=O) groups excluding carboxylic acids is 1. The van der Waals surface area contributed by atoms with Crippen LogP contribution in [0.25, 0.3) is 11.4 Å². The van der Waals surface area contributed by atoms with Gasteiger partial charge in [-0.05, 0) is 17.3 Å². The zero-order valence-electron chi connectivity index (χ0n) is 13.8. The maximum Gasteiger partial charge on any atom is 0.278 e. The number of hydrazone groups is 1. The Bertz CT molecular complexity index is 1000. The van der Waals surface area contributed by atoms with Crippen LogP contribution < -0.4 is 5.43 Å². The summed E-state index contributed by atoms with van der Waals surface area (Å²) < 4.78 is 0. The second kappa shape index (κ2) is 7.82. The standard InChI is InChI=1S/C16H13N7O4/c24-13-6-7-14(23(26)27)12(8-13)9-17-18-15(25)10-22-20-16(19-21-22)11-4-2-1-3-5-11/h1-9,24H,10H2,(H,18,25)/b17-9-. The van der Waals surface area contributed by atoms with Crippen LogP contribution in [0.15, 0.2) is 53.6 Å². The molecule has 3 rings (SSSR count). The first-order chi connectivity index (χ1) is 13.0. The Morgan fingerprint density at radius 1 is 1.30 bits per heavy atom. The summed E-state index contributed by atoms with van der Waals surface area (Å²) in [5.41, 5.74) is 2.77. The molecule has 0 aliphatic heterocycles. The van der Waals surface area contributed by atoms with E-state index in [1.165, 1.54) is 12.1 Å². The highest BCUT2D eigenvalue weighted by Crippen LogP contribution is 2.21. The van der Waals surface area contributed by atoms with Crippen LogP contribution in [0.3, 0.4) is 0 Å². The molecule has 2 aromatic carbocycles. The highest BCUT2D eigenvalue weighted by Gasteiger charge is 2.13. The Kier molecular flexibility index (Phi) is 5.12. The maximum atomic E-state index is 11.9. The minimum absolute atomic E-state index is 0.0468. The van der Waals surface area contributed by atoms with Crippen molar-refractivity contribution < 1.29 is 14.8 Å². The molecule has 2 N–H and O–H groups in total. The number of hydrogen-bond acceptors (Lipinski definition) is 8. The molecule has 1 aromatic heterocycles. The van der Waals surface area contributed by atoms with Crippen LogP contribution in [0, 0.1) is 10.1 Å². The Hall–Kier alpha value is -4.15. The Balaban J connectivity index is 1.62. The summed E-state index contributed by atoms with van der Waals surface area (Å²) in [6, 6.07) is 12.6. The average molecular weight is 367 g/mol. The van der Waals surface area contributed by atoms with Crippen LogP contribution in [0.4, 0.5) is 5.69 Å². The molecule has 11 heteroatoms. The lowest BCUT2D eigenvalue weighted by molar-refractivity contribution is -0.385. The summed E-state index contributed by atoms with van der Waals surface area (Å²) in [6.07, 6.45) is 1.07. The minimum Gasteiger partial charge on any atom is -0.508 e. The number of aromatic nitrogens is 4. The summed E-state index contributed by atoms with van der Waals surface area (Å²) in [6.45, 7) is -0.237. The van der Waals surface area contributed by atoms with E-state index in [4.69, 9.17) is 0 Å². The third-order valence-corrected chi connectivity index (χ3v) is 3.37. The van der Waals surface area contributed by atoms with E-state index in [-0.39, 0.29) is 23.5 Å². The van der Waals surface area contributed by atoms with Gasteiger partial charge in [0.2, 0.25) is 5.82 Å². The van der Waals surface area contributed by atoms with E-state index in [2.05, 4.69) is 25.9 Å². The number of nitrogens with zero attached hydrogens (tertiary/aromatic N) is 6. The first-order valence-corrected chi connectivity index (χ1v) is 7.65. The van der Waals surface area contributed by atoms with E-state index in [0.29, 0.717) is 5.82 Å². The molecule has 27 heavy (non-hydrogen) atoms. The molecule has 1 heterocycles. The van der Waals surface area contributed by atoms with Crippen molar-refractivity contribution >= 4 is 17.8 Å². The van der Waals surface area contributed by atoms with Crippen molar-refractivity contribution in [2.24, 2.45) is 5.10 Å². The second-order valence-corrected chi connectivity index (χ2v) is 5.30. The summed E-state index contributed by atoms with van der Waals surface area (Å²) in [4.78, 5) is 23.3. The van der Waals surface area contributed by atoms with Gasteiger partial charge in [-0.15, -0.1) is 10.2 Å². The zero-order valence-corrected chi connectivity index (χ0v) is 13.8. The van der Waals surface area contributed by atoms with Crippen molar-refractivity contribution in [1.29, 1.82) is 0 Å². The normalized spacial score (nSPS) is 10.8. The molecule has 0 aliphatic carbocycles. The van der Waals surface area contributed by atoms with Crippen molar-refractivity contribution in [2.75, 3.05) is 0 Å². The lowest BCUT2D eigenvalue weighted by Gasteiger charge is -2.00. The summed E-state index contributed by atoms with van der Waals surface area (Å²) >= 11 is 0. The van der Waals surface area contributed by atoms with Gasteiger partial charge in [0.05, 0.1) is 16.7 Å². The molecule has 0 saturated carbocycles.